The van der Waals surface area contributed by atoms with Gasteiger partial charge in [0.25, 0.3) is 0 Å². The molecule has 0 aliphatic heterocycles. The molecule has 1 atom stereocenters. The molecule has 2 rings (SSSR count). The van der Waals surface area contributed by atoms with Crippen molar-refractivity contribution in [3.63, 3.8) is 0 Å². The van der Waals surface area contributed by atoms with Crippen LogP contribution in [0.1, 0.15) is 25.1 Å². The highest BCUT2D eigenvalue weighted by Gasteiger charge is 2.11. The average molecular weight is 281 g/mol. The Morgan fingerprint density at radius 2 is 2.31 bits per heavy atom. The van der Waals surface area contributed by atoms with Crippen LogP contribution in [0.25, 0.3) is 0 Å². The molecule has 0 saturated carbocycles. The van der Waals surface area contributed by atoms with Crippen molar-refractivity contribution in [2.75, 3.05) is 5.32 Å². The molecule has 2 aromatic heterocycles. The van der Waals surface area contributed by atoms with Crippen LogP contribution in [-0.2, 0) is 0 Å². The molecule has 84 valence electrons. The van der Waals surface area contributed by atoms with E-state index in [4.69, 9.17) is 4.42 Å². The van der Waals surface area contributed by atoms with Gasteiger partial charge < -0.3 is 9.73 Å². The summed E-state index contributed by atoms with van der Waals surface area (Å²) in [6, 6.07) is 7.98. The fourth-order valence-corrected chi connectivity index (χ4v) is 1.76. The Balaban J connectivity index is 2.10. The van der Waals surface area contributed by atoms with Crippen LogP contribution < -0.4 is 5.32 Å². The third kappa shape index (κ3) is 2.64. The molecule has 0 amide bonds. The molecule has 2 heterocycles. The zero-order valence-corrected chi connectivity index (χ0v) is 10.6. The van der Waals surface area contributed by atoms with E-state index < -0.39 is 0 Å². The summed E-state index contributed by atoms with van der Waals surface area (Å²) >= 11 is 3.31. The SMILES string of the molecule is CCC(Nc1ccc(Br)nc1)c1ccco1. The first-order valence-electron chi connectivity index (χ1n) is 5.21. The molecule has 3 nitrogen and oxygen atoms in total. The van der Waals surface area contributed by atoms with Gasteiger partial charge in [0.15, 0.2) is 0 Å². The highest BCUT2D eigenvalue weighted by Crippen LogP contribution is 2.22. The Labute approximate surface area is 103 Å². The van der Waals surface area contributed by atoms with Crippen molar-refractivity contribution in [3.8, 4) is 0 Å². The minimum atomic E-state index is 0.193. The predicted octanol–water partition coefficient (Wildman–Crippen LogP) is 4.00. The van der Waals surface area contributed by atoms with Crippen molar-refractivity contribution >= 4 is 21.6 Å². The molecule has 0 aliphatic rings. The third-order valence-corrected chi connectivity index (χ3v) is 2.83. The van der Waals surface area contributed by atoms with Gasteiger partial charge in [-0.25, -0.2) is 4.98 Å². The number of anilines is 1. The van der Waals surface area contributed by atoms with Gasteiger partial charge in [-0.3, -0.25) is 0 Å². The van der Waals surface area contributed by atoms with Crippen LogP contribution in [0.5, 0.6) is 0 Å². The Hall–Kier alpha value is -1.29. The number of rotatable bonds is 4. The van der Waals surface area contributed by atoms with E-state index in [1.165, 1.54) is 0 Å². The smallest absolute Gasteiger partial charge is 0.125 e. The van der Waals surface area contributed by atoms with Gasteiger partial charge in [0.1, 0.15) is 10.4 Å². The van der Waals surface area contributed by atoms with Gasteiger partial charge in [-0.05, 0) is 46.6 Å². The largest absolute Gasteiger partial charge is 0.467 e. The number of hydrogen-bond acceptors (Lipinski definition) is 3. The lowest BCUT2D eigenvalue weighted by Gasteiger charge is -2.15. The van der Waals surface area contributed by atoms with Crippen LogP contribution in [0.3, 0.4) is 0 Å². The Bertz CT molecular complexity index is 425. The number of halogens is 1. The minimum Gasteiger partial charge on any atom is -0.467 e. The van der Waals surface area contributed by atoms with E-state index >= 15 is 0 Å². The molecule has 1 unspecified atom stereocenters. The summed E-state index contributed by atoms with van der Waals surface area (Å²) in [5.74, 6) is 0.949. The van der Waals surface area contributed by atoms with Crippen LogP contribution in [0.15, 0.2) is 45.7 Å². The number of hydrogen-bond donors (Lipinski definition) is 1. The topological polar surface area (TPSA) is 38.1 Å². The molecule has 1 N–H and O–H groups in total. The molecular weight excluding hydrogens is 268 g/mol. The molecular formula is C12H13BrN2O. The normalized spacial score (nSPS) is 12.4. The second kappa shape index (κ2) is 5.16. The van der Waals surface area contributed by atoms with Crippen molar-refractivity contribution < 1.29 is 4.42 Å². The van der Waals surface area contributed by atoms with Crippen molar-refractivity contribution in [2.45, 2.75) is 19.4 Å². The standard InChI is InChI=1S/C12H13BrN2O/c1-2-10(11-4-3-7-16-11)15-9-5-6-12(13)14-8-9/h3-8,10,15H,2H2,1H3. The quantitative estimate of drug-likeness (QED) is 0.861. The summed E-state index contributed by atoms with van der Waals surface area (Å²) in [7, 11) is 0. The summed E-state index contributed by atoms with van der Waals surface area (Å²) in [4.78, 5) is 4.17. The molecule has 0 aliphatic carbocycles. The van der Waals surface area contributed by atoms with Crippen molar-refractivity contribution in [1.29, 1.82) is 0 Å². The van der Waals surface area contributed by atoms with Crippen molar-refractivity contribution in [1.82, 2.24) is 4.98 Å². The minimum absolute atomic E-state index is 0.193. The van der Waals surface area contributed by atoms with E-state index in [1.807, 2.05) is 24.3 Å². The molecule has 0 radical (unpaired) electrons. The third-order valence-electron chi connectivity index (χ3n) is 2.36. The lowest BCUT2D eigenvalue weighted by atomic mass is 10.1. The molecule has 0 spiro atoms. The van der Waals surface area contributed by atoms with Gasteiger partial charge in [0.05, 0.1) is 24.2 Å². The molecule has 0 fully saturated rings. The summed E-state index contributed by atoms with van der Waals surface area (Å²) < 4.78 is 6.23. The molecule has 0 bridgehead atoms. The average Bonchev–Trinajstić information content (AvgIpc) is 2.82. The van der Waals surface area contributed by atoms with E-state index in [-0.39, 0.29) is 6.04 Å². The summed E-state index contributed by atoms with van der Waals surface area (Å²) in [5.41, 5.74) is 0.992. The van der Waals surface area contributed by atoms with Crippen molar-refractivity contribution in [2.24, 2.45) is 0 Å². The second-order valence-corrected chi connectivity index (χ2v) is 4.30. The molecule has 16 heavy (non-hydrogen) atoms. The first-order valence-corrected chi connectivity index (χ1v) is 6.00. The van der Waals surface area contributed by atoms with Crippen LogP contribution in [0.2, 0.25) is 0 Å². The van der Waals surface area contributed by atoms with Gasteiger partial charge in [-0.1, -0.05) is 6.92 Å². The van der Waals surface area contributed by atoms with E-state index in [0.29, 0.717) is 0 Å². The molecule has 4 heteroatoms. The van der Waals surface area contributed by atoms with Crippen LogP contribution >= 0.6 is 15.9 Å². The van der Waals surface area contributed by atoms with Crippen LogP contribution in [-0.4, -0.2) is 4.98 Å². The first-order chi connectivity index (χ1) is 7.79. The monoisotopic (exact) mass is 280 g/mol. The van der Waals surface area contributed by atoms with E-state index in [1.54, 1.807) is 12.5 Å². The van der Waals surface area contributed by atoms with Gasteiger partial charge >= 0.3 is 0 Å². The lowest BCUT2D eigenvalue weighted by Crippen LogP contribution is -2.08. The van der Waals surface area contributed by atoms with Gasteiger partial charge in [0.2, 0.25) is 0 Å². The van der Waals surface area contributed by atoms with Gasteiger partial charge in [-0.15, -0.1) is 0 Å². The lowest BCUT2D eigenvalue weighted by molar-refractivity contribution is 0.474. The van der Waals surface area contributed by atoms with Gasteiger partial charge in [-0.2, -0.15) is 0 Å². The van der Waals surface area contributed by atoms with Crippen LogP contribution in [0, 0.1) is 0 Å². The maximum absolute atomic E-state index is 5.39. The molecule has 0 saturated heterocycles. The molecule has 2 aromatic rings. The fourth-order valence-electron chi connectivity index (χ4n) is 1.53. The Morgan fingerprint density at radius 3 is 2.88 bits per heavy atom. The Kier molecular flexibility index (Phi) is 3.62. The van der Waals surface area contributed by atoms with E-state index in [2.05, 4.69) is 33.2 Å². The van der Waals surface area contributed by atoms with E-state index in [9.17, 15) is 0 Å². The first kappa shape index (κ1) is 11.2. The van der Waals surface area contributed by atoms with Crippen LogP contribution in [0.4, 0.5) is 5.69 Å². The van der Waals surface area contributed by atoms with Gasteiger partial charge in [0, 0.05) is 0 Å². The maximum Gasteiger partial charge on any atom is 0.125 e. The maximum atomic E-state index is 5.39. The number of pyridine rings is 1. The Morgan fingerprint density at radius 1 is 1.44 bits per heavy atom. The number of aromatic nitrogens is 1. The van der Waals surface area contributed by atoms with E-state index in [0.717, 1.165) is 22.5 Å². The zero-order valence-electron chi connectivity index (χ0n) is 8.98. The highest BCUT2D eigenvalue weighted by atomic mass is 79.9. The van der Waals surface area contributed by atoms with Crippen molar-refractivity contribution in [3.05, 3.63) is 47.1 Å². The highest BCUT2D eigenvalue weighted by molar-refractivity contribution is 9.10. The summed E-state index contributed by atoms with van der Waals surface area (Å²) in [5, 5.41) is 3.38. The molecule has 0 aromatic carbocycles. The number of furan rings is 1. The fraction of sp³-hybridized carbons (Fsp3) is 0.250. The summed E-state index contributed by atoms with van der Waals surface area (Å²) in [6.07, 6.45) is 4.46. The summed E-state index contributed by atoms with van der Waals surface area (Å²) in [6.45, 7) is 2.12. The number of nitrogens with zero attached hydrogens (tertiary/aromatic N) is 1. The number of nitrogens with one attached hydrogen (secondary N) is 1. The second-order valence-electron chi connectivity index (χ2n) is 3.49. The zero-order chi connectivity index (χ0) is 11.4. The predicted molar refractivity (Wildman–Crippen MR) is 67.3 cm³/mol.